The van der Waals surface area contributed by atoms with E-state index in [2.05, 4.69) is 65.5 Å². The Balaban J connectivity index is 1.77. The van der Waals surface area contributed by atoms with Gasteiger partial charge in [0.2, 0.25) is 0 Å². The number of fused-ring (bicyclic) bond motifs is 2. The Hall–Kier alpha value is -0.340. The first kappa shape index (κ1) is 19.4. The van der Waals surface area contributed by atoms with Gasteiger partial charge < -0.3 is 14.7 Å². The van der Waals surface area contributed by atoms with E-state index in [1.165, 1.54) is 9.79 Å². The molecular weight excluding hydrogens is 493 g/mol. The molecule has 9 heteroatoms. The van der Waals surface area contributed by atoms with Gasteiger partial charge in [0.05, 0.1) is 18.0 Å². The smallest absolute Gasteiger partial charge is 0.340 e. The fraction of sp³-hybridized carbons (Fsp3) is 0.250. The summed E-state index contributed by atoms with van der Waals surface area (Å²) in [5.41, 5.74) is 2.28. The van der Waals surface area contributed by atoms with Crippen molar-refractivity contribution >= 4 is 62.8 Å². The van der Waals surface area contributed by atoms with Crippen LogP contribution < -0.4 is 4.90 Å². The number of hydrogen-bond donors (Lipinski definition) is 2. The Bertz CT molecular complexity index is 778. The molecule has 0 amide bonds. The topological polar surface area (TPSA) is 70.0 Å². The maximum absolute atomic E-state index is 10.7. The minimum atomic E-state index is -4.38. The second kappa shape index (κ2) is 8.13. The molecule has 5 nitrogen and oxygen atoms in total. The summed E-state index contributed by atoms with van der Waals surface area (Å²) in [5, 5.41) is 0. The number of hydrogen-bond acceptors (Lipinski definition) is 4. The first-order valence-electron chi connectivity index (χ1n) is 7.58. The van der Waals surface area contributed by atoms with Gasteiger partial charge in [-0.1, -0.05) is 43.6 Å². The summed E-state index contributed by atoms with van der Waals surface area (Å²) in [6.07, 6.45) is 1.34. The van der Waals surface area contributed by atoms with Gasteiger partial charge in [-0.3, -0.25) is 4.52 Å². The van der Waals surface area contributed by atoms with Crippen LogP contribution in [0.4, 0.5) is 11.4 Å². The molecule has 0 spiro atoms. The van der Waals surface area contributed by atoms with E-state index >= 15 is 0 Å². The molecular formula is C16H16Br2NO4PS. The molecule has 0 unspecified atom stereocenters. The van der Waals surface area contributed by atoms with Crippen LogP contribution in [0.1, 0.15) is 12.8 Å². The second-order valence-electron chi connectivity index (χ2n) is 5.51. The number of halogens is 2. The van der Waals surface area contributed by atoms with Crippen molar-refractivity contribution in [1.82, 2.24) is 0 Å². The Morgan fingerprint density at radius 3 is 2.08 bits per heavy atom. The first-order valence-corrected chi connectivity index (χ1v) is 11.5. The average molecular weight is 509 g/mol. The van der Waals surface area contributed by atoms with Gasteiger partial charge in [-0.05, 0) is 49.2 Å². The maximum Gasteiger partial charge on any atom is 0.469 e. The van der Waals surface area contributed by atoms with E-state index in [0.29, 0.717) is 6.42 Å². The Labute approximate surface area is 167 Å². The second-order valence-corrected chi connectivity index (χ2v) is 9.66. The molecule has 0 radical (unpaired) electrons. The normalized spacial score (nSPS) is 13.5. The minimum Gasteiger partial charge on any atom is -0.340 e. The number of phosphoric acid groups is 1. The minimum absolute atomic E-state index is 0.0489. The number of benzene rings is 2. The highest BCUT2D eigenvalue weighted by Gasteiger charge is 2.23. The largest absolute Gasteiger partial charge is 0.469 e. The van der Waals surface area contributed by atoms with Crippen LogP contribution >= 0.6 is 51.4 Å². The zero-order chi connectivity index (χ0) is 18.0. The fourth-order valence-corrected chi connectivity index (χ4v) is 5.20. The third-order valence-electron chi connectivity index (χ3n) is 3.68. The van der Waals surface area contributed by atoms with Crippen LogP contribution in [0.3, 0.4) is 0 Å². The molecule has 0 atom stereocenters. The molecule has 0 fully saturated rings. The summed E-state index contributed by atoms with van der Waals surface area (Å²) in [6.45, 7) is 0.793. The molecule has 1 aliphatic rings. The molecule has 0 saturated carbocycles. The van der Waals surface area contributed by atoms with Crippen molar-refractivity contribution in [2.24, 2.45) is 0 Å². The molecule has 0 aromatic heterocycles. The third-order valence-corrected chi connectivity index (χ3v) is 6.28. The van der Waals surface area contributed by atoms with Crippen molar-refractivity contribution in [3.63, 3.8) is 0 Å². The highest BCUT2D eigenvalue weighted by Crippen LogP contribution is 2.49. The van der Waals surface area contributed by atoms with Gasteiger partial charge in [-0.15, -0.1) is 0 Å². The third kappa shape index (κ3) is 5.10. The molecule has 2 aromatic carbocycles. The molecule has 0 saturated heterocycles. The van der Waals surface area contributed by atoms with E-state index in [9.17, 15) is 4.57 Å². The lowest BCUT2D eigenvalue weighted by molar-refractivity contribution is 0.194. The molecule has 1 aliphatic heterocycles. The lowest BCUT2D eigenvalue weighted by Crippen LogP contribution is -2.22. The van der Waals surface area contributed by atoms with Crippen LogP contribution in [0.15, 0.2) is 55.1 Å². The number of rotatable bonds is 6. The van der Waals surface area contributed by atoms with E-state index in [1.807, 2.05) is 12.1 Å². The summed E-state index contributed by atoms with van der Waals surface area (Å²) < 4.78 is 17.3. The van der Waals surface area contributed by atoms with E-state index < -0.39 is 7.82 Å². The molecule has 25 heavy (non-hydrogen) atoms. The molecule has 2 aromatic rings. The first-order chi connectivity index (χ1) is 11.8. The van der Waals surface area contributed by atoms with Crippen molar-refractivity contribution in [3.8, 4) is 0 Å². The Kier molecular flexibility index (Phi) is 6.31. The highest BCUT2D eigenvalue weighted by atomic mass is 79.9. The number of anilines is 2. The Morgan fingerprint density at radius 2 is 1.56 bits per heavy atom. The van der Waals surface area contributed by atoms with Gasteiger partial charge in [0.15, 0.2) is 0 Å². The van der Waals surface area contributed by atoms with Gasteiger partial charge >= 0.3 is 7.82 Å². The lowest BCUT2D eigenvalue weighted by Gasteiger charge is -2.33. The zero-order valence-corrected chi connectivity index (χ0v) is 17.9. The SMILES string of the molecule is O=P(O)(O)OCCCCN1c2ccc(Br)cc2Sc2cc(Br)ccc21. The quantitative estimate of drug-likeness (QED) is 0.385. The van der Waals surface area contributed by atoms with Gasteiger partial charge in [-0.2, -0.15) is 0 Å². The molecule has 0 bridgehead atoms. The van der Waals surface area contributed by atoms with Crippen molar-refractivity contribution < 1.29 is 18.9 Å². The van der Waals surface area contributed by atoms with Gasteiger partial charge in [0, 0.05) is 25.3 Å². The van der Waals surface area contributed by atoms with Gasteiger partial charge in [0.25, 0.3) is 0 Å². The van der Waals surface area contributed by atoms with Crippen LogP contribution in [-0.2, 0) is 9.09 Å². The summed E-state index contributed by atoms with van der Waals surface area (Å²) in [4.78, 5) is 22.1. The summed E-state index contributed by atoms with van der Waals surface area (Å²) in [6, 6.07) is 12.4. The van der Waals surface area contributed by atoms with Crippen molar-refractivity contribution in [1.29, 1.82) is 0 Å². The number of nitrogens with zero attached hydrogens (tertiary/aromatic N) is 1. The van der Waals surface area contributed by atoms with E-state index in [4.69, 9.17) is 9.79 Å². The van der Waals surface area contributed by atoms with E-state index in [-0.39, 0.29) is 6.61 Å². The molecule has 1 heterocycles. The van der Waals surface area contributed by atoms with Gasteiger partial charge in [0.1, 0.15) is 0 Å². The van der Waals surface area contributed by atoms with Crippen LogP contribution in [0.25, 0.3) is 0 Å². The van der Waals surface area contributed by atoms with Crippen LogP contribution in [0, 0.1) is 0 Å². The maximum atomic E-state index is 10.7. The highest BCUT2D eigenvalue weighted by molar-refractivity contribution is 9.10. The summed E-state index contributed by atoms with van der Waals surface area (Å²) in [5.74, 6) is 0. The number of phosphoric ester groups is 1. The van der Waals surface area contributed by atoms with Crippen molar-refractivity contribution in [2.75, 3.05) is 18.1 Å². The molecule has 0 aliphatic carbocycles. The molecule has 134 valence electrons. The van der Waals surface area contributed by atoms with Crippen LogP contribution in [-0.4, -0.2) is 22.9 Å². The van der Waals surface area contributed by atoms with E-state index in [1.54, 1.807) is 11.8 Å². The predicted octanol–water partition coefficient (Wildman–Crippen LogP) is 5.70. The fourth-order valence-electron chi connectivity index (χ4n) is 2.63. The summed E-state index contributed by atoms with van der Waals surface area (Å²) in [7, 11) is -4.38. The lowest BCUT2D eigenvalue weighted by atomic mass is 10.2. The summed E-state index contributed by atoms with van der Waals surface area (Å²) >= 11 is 8.78. The zero-order valence-electron chi connectivity index (χ0n) is 13.1. The van der Waals surface area contributed by atoms with Crippen LogP contribution in [0.5, 0.6) is 0 Å². The number of unbranched alkanes of at least 4 members (excludes halogenated alkanes) is 1. The van der Waals surface area contributed by atoms with Gasteiger partial charge in [-0.25, -0.2) is 4.57 Å². The van der Waals surface area contributed by atoms with Crippen LogP contribution in [0.2, 0.25) is 0 Å². The van der Waals surface area contributed by atoms with Crippen molar-refractivity contribution in [2.45, 2.75) is 22.6 Å². The van der Waals surface area contributed by atoms with Crippen molar-refractivity contribution in [3.05, 3.63) is 45.3 Å². The van der Waals surface area contributed by atoms with E-state index in [0.717, 1.165) is 33.3 Å². The molecule has 3 rings (SSSR count). The Morgan fingerprint density at radius 1 is 1.00 bits per heavy atom. The standard InChI is InChI=1S/C16H16Br2NO4PS/c17-11-3-5-13-15(9-11)25-16-10-12(18)4-6-14(16)19(13)7-1-2-8-23-24(20,21)22/h3-6,9-10H,1-2,7-8H2,(H2,20,21,22). The molecule has 2 N–H and O–H groups in total. The monoisotopic (exact) mass is 507 g/mol. The predicted molar refractivity (Wildman–Crippen MR) is 107 cm³/mol. The average Bonchev–Trinajstić information content (AvgIpc) is 2.52.